The summed E-state index contributed by atoms with van der Waals surface area (Å²) in [6.45, 7) is 4.99. The minimum atomic E-state index is -0.440. The molecule has 1 aliphatic carbocycles. The zero-order valence-corrected chi connectivity index (χ0v) is 13.0. The van der Waals surface area contributed by atoms with Crippen LogP contribution in [0.5, 0.6) is 0 Å². The summed E-state index contributed by atoms with van der Waals surface area (Å²) in [7, 11) is 0. The van der Waals surface area contributed by atoms with E-state index in [4.69, 9.17) is 0 Å². The minimum Gasteiger partial charge on any atom is -0.364 e. The molecular formula is C15H20BrF2N. The molecule has 1 fully saturated rings. The fourth-order valence-electron chi connectivity index (χ4n) is 2.23. The monoisotopic (exact) mass is 331 g/mol. The van der Waals surface area contributed by atoms with E-state index >= 15 is 0 Å². The van der Waals surface area contributed by atoms with E-state index in [1.54, 1.807) is 0 Å². The van der Waals surface area contributed by atoms with E-state index in [1.165, 1.54) is 12.1 Å². The number of halogens is 3. The number of benzene rings is 1. The van der Waals surface area contributed by atoms with Gasteiger partial charge in [0, 0.05) is 17.9 Å². The molecular weight excluding hydrogens is 312 g/mol. The van der Waals surface area contributed by atoms with Gasteiger partial charge in [-0.25, -0.2) is 8.78 Å². The standard InChI is InChI=1S/C15H20BrF2N/c1-10(2)5-6-19(12-3-4-12)15-13(17)7-11(9-16)8-14(15)18/h7-8,10,12H,3-6,9H2,1-2H3. The average molecular weight is 332 g/mol. The van der Waals surface area contributed by atoms with Gasteiger partial charge in [-0.05, 0) is 42.9 Å². The van der Waals surface area contributed by atoms with Gasteiger partial charge < -0.3 is 4.90 Å². The molecule has 2 rings (SSSR count). The van der Waals surface area contributed by atoms with Crippen molar-refractivity contribution in [3.8, 4) is 0 Å². The van der Waals surface area contributed by atoms with Crippen LogP contribution in [-0.2, 0) is 5.33 Å². The molecule has 1 nitrogen and oxygen atoms in total. The Labute approximate surface area is 122 Å². The number of rotatable bonds is 6. The van der Waals surface area contributed by atoms with Gasteiger partial charge in [0.25, 0.3) is 0 Å². The number of alkyl halides is 1. The third-order valence-corrected chi connectivity index (χ3v) is 4.10. The van der Waals surface area contributed by atoms with Gasteiger partial charge in [-0.15, -0.1) is 0 Å². The van der Waals surface area contributed by atoms with Gasteiger partial charge in [-0.1, -0.05) is 29.8 Å². The fraction of sp³-hybridized carbons (Fsp3) is 0.600. The lowest BCUT2D eigenvalue weighted by molar-refractivity contribution is 0.537. The molecule has 1 aliphatic rings. The van der Waals surface area contributed by atoms with E-state index in [0.29, 0.717) is 22.9 Å². The second-order valence-corrected chi connectivity index (χ2v) is 6.21. The summed E-state index contributed by atoms with van der Waals surface area (Å²) in [4.78, 5) is 1.92. The second-order valence-electron chi connectivity index (χ2n) is 5.65. The lowest BCUT2D eigenvalue weighted by Gasteiger charge is -2.26. The summed E-state index contributed by atoms with van der Waals surface area (Å²) < 4.78 is 28.3. The predicted molar refractivity (Wildman–Crippen MR) is 78.8 cm³/mol. The highest BCUT2D eigenvalue weighted by molar-refractivity contribution is 9.08. The highest BCUT2D eigenvalue weighted by atomic mass is 79.9. The summed E-state index contributed by atoms with van der Waals surface area (Å²) in [5, 5.41) is 0.469. The predicted octanol–water partition coefficient (Wildman–Crippen LogP) is 4.87. The Kier molecular flexibility index (Phi) is 4.82. The molecule has 106 valence electrons. The molecule has 4 heteroatoms. The third kappa shape index (κ3) is 3.68. The largest absolute Gasteiger partial charge is 0.364 e. The summed E-state index contributed by atoms with van der Waals surface area (Å²) in [6, 6.07) is 3.17. The van der Waals surface area contributed by atoms with Crippen LogP contribution >= 0.6 is 15.9 Å². The summed E-state index contributed by atoms with van der Waals surface area (Å²) >= 11 is 3.23. The number of nitrogens with zero attached hydrogens (tertiary/aromatic N) is 1. The molecule has 0 amide bonds. The van der Waals surface area contributed by atoms with E-state index in [-0.39, 0.29) is 5.69 Å². The Morgan fingerprint density at radius 2 is 1.84 bits per heavy atom. The van der Waals surface area contributed by atoms with E-state index in [9.17, 15) is 8.78 Å². The SMILES string of the molecule is CC(C)CCN(c1c(F)cc(CBr)cc1F)C1CC1. The Hall–Kier alpha value is -0.640. The first-order chi connectivity index (χ1) is 9.02. The van der Waals surface area contributed by atoms with Crippen molar-refractivity contribution in [1.29, 1.82) is 0 Å². The van der Waals surface area contributed by atoms with Crippen LogP contribution in [-0.4, -0.2) is 12.6 Å². The van der Waals surface area contributed by atoms with Crippen LogP contribution in [0.4, 0.5) is 14.5 Å². The Morgan fingerprint density at radius 3 is 2.26 bits per heavy atom. The second kappa shape index (κ2) is 6.21. The first-order valence-electron chi connectivity index (χ1n) is 6.83. The zero-order valence-electron chi connectivity index (χ0n) is 11.4. The minimum absolute atomic E-state index is 0.160. The Balaban J connectivity index is 2.25. The van der Waals surface area contributed by atoms with Crippen molar-refractivity contribution < 1.29 is 8.78 Å². The molecule has 1 saturated carbocycles. The van der Waals surface area contributed by atoms with Crippen LogP contribution in [0.1, 0.15) is 38.7 Å². The number of hydrogen-bond donors (Lipinski definition) is 0. The average Bonchev–Trinajstić information content (AvgIpc) is 3.15. The maximum absolute atomic E-state index is 14.2. The molecule has 0 bridgehead atoms. The molecule has 19 heavy (non-hydrogen) atoms. The van der Waals surface area contributed by atoms with Gasteiger partial charge in [0.2, 0.25) is 0 Å². The molecule has 0 atom stereocenters. The van der Waals surface area contributed by atoms with Gasteiger partial charge in [0.1, 0.15) is 17.3 Å². The van der Waals surface area contributed by atoms with E-state index < -0.39 is 11.6 Å². The molecule has 0 spiro atoms. The maximum atomic E-state index is 14.2. The molecule has 0 N–H and O–H groups in total. The molecule has 0 aromatic heterocycles. The number of hydrogen-bond acceptors (Lipinski definition) is 1. The van der Waals surface area contributed by atoms with Crippen molar-refractivity contribution in [2.24, 2.45) is 5.92 Å². The van der Waals surface area contributed by atoms with Crippen molar-refractivity contribution in [1.82, 2.24) is 0 Å². The van der Waals surface area contributed by atoms with Crippen molar-refractivity contribution >= 4 is 21.6 Å². The van der Waals surface area contributed by atoms with E-state index in [2.05, 4.69) is 29.8 Å². The highest BCUT2D eigenvalue weighted by Crippen LogP contribution is 2.36. The van der Waals surface area contributed by atoms with Gasteiger partial charge in [0.15, 0.2) is 0 Å². The van der Waals surface area contributed by atoms with Gasteiger partial charge in [-0.3, -0.25) is 0 Å². The molecule has 0 heterocycles. The summed E-state index contributed by atoms with van der Waals surface area (Å²) in [6.07, 6.45) is 3.03. The smallest absolute Gasteiger partial charge is 0.149 e. The Morgan fingerprint density at radius 1 is 1.26 bits per heavy atom. The quantitative estimate of drug-likeness (QED) is 0.672. The van der Waals surface area contributed by atoms with E-state index in [0.717, 1.165) is 25.8 Å². The number of anilines is 1. The van der Waals surface area contributed by atoms with Gasteiger partial charge in [-0.2, -0.15) is 0 Å². The first-order valence-corrected chi connectivity index (χ1v) is 7.95. The summed E-state index contributed by atoms with van der Waals surface area (Å²) in [5.41, 5.74) is 0.797. The third-order valence-electron chi connectivity index (χ3n) is 3.45. The van der Waals surface area contributed by atoms with E-state index in [1.807, 2.05) is 4.90 Å². The zero-order chi connectivity index (χ0) is 14.0. The summed E-state index contributed by atoms with van der Waals surface area (Å²) in [5.74, 6) is -0.343. The van der Waals surface area contributed by atoms with Crippen molar-refractivity contribution in [3.63, 3.8) is 0 Å². The molecule has 0 saturated heterocycles. The lowest BCUT2D eigenvalue weighted by atomic mass is 10.1. The fourth-order valence-corrected chi connectivity index (χ4v) is 2.55. The topological polar surface area (TPSA) is 3.24 Å². The van der Waals surface area contributed by atoms with Crippen LogP contribution in [0.15, 0.2) is 12.1 Å². The lowest BCUT2D eigenvalue weighted by Crippen LogP contribution is -2.29. The highest BCUT2D eigenvalue weighted by Gasteiger charge is 2.32. The molecule has 0 radical (unpaired) electrons. The van der Waals surface area contributed by atoms with Crippen LogP contribution in [0, 0.1) is 17.6 Å². The first kappa shape index (κ1) is 14.8. The Bertz CT molecular complexity index is 421. The normalized spacial score (nSPS) is 15.1. The molecule has 1 aromatic carbocycles. The van der Waals surface area contributed by atoms with Crippen LogP contribution in [0.3, 0.4) is 0 Å². The van der Waals surface area contributed by atoms with Crippen molar-refractivity contribution in [2.75, 3.05) is 11.4 Å². The van der Waals surface area contributed by atoms with Crippen LogP contribution < -0.4 is 4.90 Å². The maximum Gasteiger partial charge on any atom is 0.149 e. The molecule has 0 aliphatic heterocycles. The van der Waals surface area contributed by atoms with Crippen LogP contribution in [0.25, 0.3) is 0 Å². The van der Waals surface area contributed by atoms with Crippen molar-refractivity contribution in [2.45, 2.75) is 44.5 Å². The van der Waals surface area contributed by atoms with Gasteiger partial charge >= 0.3 is 0 Å². The van der Waals surface area contributed by atoms with Crippen LogP contribution in [0.2, 0.25) is 0 Å². The molecule has 1 aromatic rings. The van der Waals surface area contributed by atoms with Gasteiger partial charge in [0.05, 0.1) is 0 Å². The van der Waals surface area contributed by atoms with Crippen molar-refractivity contribution in [3.05, 3.63) is 29.3 Å². The molecule has 0 unspecified atom stereocenters.